The van der Waals surface area contributed by atoms with Crippen LogP contribution in [0.15, 0.2) is 53.4 Å². The number of rotatable bonds is 8. The number of benzene rings is 2. The predicted molar refractivity (Wildman–Crippen MR) is 111 cm³/mol. The van der Waals surface area contributed by atoms with Gasteiger partial charge in [0.15, 0.2) is 6.61 Å². The molecular weight excluding hydrogens is 439 g/mol. The Balaban J connectivity index is 1.71. The van der Waals surface area contributed by atoms with Gasteiger partial charge in [-0.05, 0) is 47.9 Å². The van der Waals surface area contributed by atoms with Crippen LogP contribution < -0.4 is 10.5 Å². The molecule has 3 N–H and O–H groups in total. The van der Waals surface area contributed by atoms with Crippen LogP contribution in [0.4, 0.5) is 0 Å². The van der Waals surface area contributed by atoms with Gasteiger partial charge >= 0.3 is 5.97 Å². The number of sulfonamides is 1. The quantitative estimate of drug-likeness (QED) is 0.467. The summed E-state index contributed by atoms with van der Waals surface area (Å²) >= 11 is 11.7. The number of amides is 1. The Morgan fingerprint density at radius 2 is 1.76 bits per heavy atom. The fourth-order valence-electron chi connectivity index (χ4n) is 2.21. The molecule has 2 aromatic rings. The molecule has 7 nitrogen and oxygen atoms in total. The number of ether oxygens (including phenoxy) is 1. The van der Waals surface area contributed by atoms with Gasteiger partial charge in [-0.2, -0.15) is 0 Å². The summed E-state index contributed by atoms with van der Waals surface area (Å²) in [6.07, 6.45) is 3.15. The molecule has 2 aromatic carbocycles. The standard InChI is InChI=1S/C19H18Cl2N2O5S/c20-16-7-3-14(11-17(16)21)4-8-19(25)28-12-18(24)23-10-9-13-1-5-15(6-2-13)29(22,26)27/h1-8,11H,9-10,12H2,(H,23,24)(H2,22,26,27)/b8-4+. The van der Waals surface area contributed by atoms with Crippen LogP contribution >= 0.6 is 23.2 Å². The number of halogens is 2. The van der Waals surface area contributed by atoms with E-state index in [4.69, 9.17) is 33.1 Å². The molecule has 0 heterocycles. The summed E-state index contributed by atoms with van der Waals surface area (Å²) in [5, 5.41) is 8.40. The van der Waals surface area contributed by atoms with Crippen LogP contribution in [0.25, 0.3) is 6.08 Å². The third kappa shape index (κ3) is 7.86. The summed E-state index contributed by atoms with van der Waals surface area (Å²) < 4.78 is 27.2. The second-order valence-corrected chi connectivity index (χ2v) is 8.28. The molecule has 0 atom stereocenters. The Morgan fingerprint density at radius 1 is 1.07 bits per heavy atom. The van der Waals surface area contributed by atoms with Crippen LogP contribution in [0, 0.1) is 0 Å². The number of nitrogens with two attached hydrogens (primary N) is 1. The minimum absolute atomic E-state index is 0.0196. The SMILES string of the molecule is NS(=O)(=O)c1ccc(CCNC(=O)COC(=O)/C=C/c2ccc(Cl)c(Cl)c2)cc1. The Bertz CT molecular complexity index is 1020. The molecule has 0 aromatic heterocycles. The van der Waals surface area contributed by atoms with Gasteiger partial charge < -0.3 is 10.1 Å². The van der Waals surface area contributed by atoms with E-state index in [-0.39, 0.29) is 4.90 Å². The average molecular weight is 457 g/mol. The van der Waals surface area contributed by atoms with Crippen LogP contribution in [0.5, 0.6) is 0 Å². The zero-order valence-corrected chi connectivity index (χ0v) is 17.4. The maximum absolute atomic E-state index is 11.7. The minimum Gasteiger partial charge on any atom is -0.452 e. The maximum Gasteiger partial charge on any atom is 0.331 e. The first-order valence-electron chi connectivity index (χ1n) is 8.33. The molecule has 0 aliphatic heterocycles. The zero-order chi connectivity index (χ0) is 21.4. The lowest BCUT2D eigenvalue weighted by atomic mass is 10.1. The first-order valence-corrected chi connectivity index (χ1v) is 10.6. The van der Waals surface area contributed by atoms with Crippen LogP contribution in [0.2, 0.25) is 10.0 Å². The fraction of sp³-hybridized carbons (Fsp3) is 0.158. The minimum atomic E-state index is -3.73. The highest BCUT2D eigenvalue weighted by Crippen LogP contribution is 2.23. The molecular formula is C19H18Cl2N2O5S. The second-order valence-electron chi connectivity index (χ2n) is 5.90. The first-order chi connectivity index (χ1) is 13.6. The van der Waals surface area contributed by atoms with Gasteiger partial charge in [0.25, 0.3) is 5.91 Å². The normalized spacial score (nSPS) is 11.4. The van der Waals surface area contributed by atoms with Crippen molar-refractivity contribution in [2.45, 2.75) is 11.3 Å². The van der Waals surface area contributed by atoms with Gasteiger partial charge in [-0.25, -0.2) is 18.4 Å². The average Bonchev–Trinajstić information content (AvgIpc) is 2.67. The van der Waals surface area contributed by atoms with E-state index in [9.17, 15) is 18.0 Å². The van der Waals surface area contributed by atoms with Crippen molar-refractivity contribution in [1.82, 2.24) is 5.32 Å². The van der Waals surface area contributed by atoms with Gasteiger partial charge in [-0.15, -0.1) is 0 Å². The monoisotopic (exact) mass is 456 g/mol. The molecule has 0 aliphatic carbocycles. The lowest BCUT2D eigenvalue weighted by Gasteiger charge is -2.06. The van der Waals surface area contributed by atoms with E-state index >= 15 is 0 Å². The number of hydrogen-bond acceptors (Lipinski definition) is 5. The van der Waals surface area contributed by atoms with E-state index in [0.29, 0.717) is 28.6 Å². The summed E-state index contributed by atoms with van der Waals surface area (Å²) in [5.41, 5.74) is 1.48. The Morgan fingerprint density at radius 3 is 2.38 bits per heavy atom. The molecule has 10 heteroatoms. The number of hydrogen-bond donors (Lipinski definition) is 2. The van der Waals surface area contributed by atoms with Crippen LogP contribution in [-0.2, 0) is 30.8 Å². The van der Waals surface area contributed by atoms with Crippen molar-refractivity contribution in [3.63, 3.8) is 0 Å². The molecule has 0 spiro atoms. The van der Waals surface area contributed by atoms with Crippen LogP contribution in [0.3, 0.4) is 0 Å². The highest BCUT2D eigenvalue weighted by Gasteiger charge is 2.08. The van der Waals surface area contributed by atoms with E-state index in [1.165, 1.54) is 24.3 Å². The van der Waals surface area contributed by atoms with Crippen molar-refractivity contribution >= 4 is 51.2 Å². The fourth-order valence-corrected chi connectivity index (χ4v) is 3.03. The van der Waals surface area contributed by atoms with Gasteiger partial charge in [-0.1, -0.05) is 41.4 Å². The zero-order valence-electron chi connectivity index (χ0n) is 15.1. The third-order valence-corrected chi connectivity index (χ3v) is 5.36. The van der Waals surface area contributed by atoms with Crippen molar-refractivity contribution in [2.24, 2.45) is 5.14 Å². The molecule has 0 bridgehead atoms. The summed E-state index contributed by atoms with van der Waals surface area (Å²) in [7, 11) is -3.73. The number of esters is 1. The first kappa shape index (κ1) is 22.9. The largest absolute Gasteiger partial charge is 0.452 e. The molecule has 0 fully saturated rings. The van der Waals surface area contributed by atoms with Crippen LogP contribution in [0.1, 0.15) is 11.1 Å². The van der Waals surface area contributed by atoms with Crippen molar-refractivity contribution in [1.29, 1.82) is 0 Å². The van der Waals surface area contributed by atoms with E-state index in [0.717, 1.165) is 5.56 Å². The predicted octanol–water partition coefficient (Wildman–Crippen LogP) is 2.56. The smallest absolute Gasteiger partial charge is 0.331 e. The van der Waals surface area contributed by atoms with Crippen LogP contribution in [-0.4, -0.2) is 33.4 Å². The molecule has 1 amide bonds. The third-order valence-electron chi connectivity index (χ3n) is 3.69. The lowest BCUT2D eigenvalue weighted by molar-refractivity contribution is -0.143. The van der Waals surface area contributed by atoms with E-state index in [1.54, 1.807) is 30.3 Å². The summed E-state index contributed by atoms with van der Waals surface area (Å²) in [6.45, 7) is -0.126. The van der Waals surface area contributed by atoms with Gasteiger partial charge in [0.05, 0.1) is 14.9 Å². The van der Waals surface area contributed by atoms with Gasteiger partial charge in [0.2, 0.25) is 10.0 Å². The van der Waals surface area contributed by atoms with E-state index in [2.05, 4.69) is 5.32 Å². The van der Waals surface area contributed by atoms with Gasteiger partial charge in [0.1, 0.15) is 0 Å². The lowest BCUT2D eigenvalue weighted by Crippen LogP contribution is -2.30. The summed E-state index contributed by atoms with van der Waals surface area (Å²) in [4.78, 5) is 23.4. The molecule has 0 unspecified atom stereocenters. The highest BCUT2D eigenvalue weighted by atomic mass is 35.5. The van der Waals surface area contributed by atoms with Crippen molar-refractivity contribution in [2.75, 3.05) is 13.2 Å². The molecule has 154 valence electrons. The van der Waals surface area contributed by atoms with Crippen molar-refractivity contribution in [3.8, 4) is 0 Å². The Labute approximate surface area is 178 Å². The summed E-state index contributed by atoms with van der Waals surface area (Å²) in [5.74, 6) is -1.13. The van der Waals surface area contributed by atoms with E-state index < -0.39 is 28.5 Å². The number of carbonyl (C=O) groups is 2. The Hall–Kier alpha value is -2.39. The molecule has 0 saturated heterocycles. The van der Waals surface area contributed by atoms with Gasteiger partial charge in [0, 0.05) is 12.6 Å². The highest BCUT2D eigenvalue weighted by molar-refractivity contribution is 7.89. The van der Waals surface area contributed by atoms with Crippen molar-refractivity contribution < 1.29 is 22.7 Å². The topological polar surface area (TPSA) is 116 Å². The van der Waals surface area contributed by atoms with Gasteiger partial charge in [-0.3, -0.25) is 4.79 Å². The number of nitrogens with one attached hydrogen (secondary N) is 1. The maximum atomic E-state index is 11.7. The molecule has 0 aliphatic rings. The Kier molecular flexibility index (Phi) is 8.21. The molecule has 29 heavy (non-hydrogen) atoms. The van der Waals surface area contributed by atoms with Crippen molar-refractivity contribution in [3.05, 3.63) is 69.7 Å². The molecule has 0 saturated carbocycles. The molecule has 0 radical (unpaired) electrons. The second kappa shape index (κ2) is 10.4. The van der Waals surface area contributed by atoms with E-state index in [1.807, 2.05) is 0 Å². The summed E-state index contributed by atoms with van der Waals surface area (Å²) in [6, 6.07) is 10.9. The number of carbonyl (C=O) groups excluding carboxylic acids is 2. The molecule has 2 rings (SSSR count). The number of primary sulfonamides is 1.